The van der Waals surface area contributed by atoms with Crippen LogP contribution in [0.2, 0.25) is 0 Å². The molecule has 0 aliphatic carbocycles. The molecule has 0 spiro atoms. The number of benzene rings is 1. The molecular weight excluding hydrogens is 296 g/mol. The van der Waals surface area contributed by atoms with E-state index >= 15 is 0 Å². The van der Waals surface area contributed by atoms with Gasteiger partial charge >= 0.3 is 0 Å². The number of amides is 2. The minimum atomic E-state index is -0.366. The lowest BCUT2D eigenvalue weighted by atomic mass is 10.1. The van der Waals surface area contributed by atoms with Crippen molar-refractivity contribution in [3.63, 3.8) is 0 Å². The van der Waals surface area contributed by atoms with Crippen LogP contribution in [-0.4, -0.2) is 27.4 Å². The lowest BCUT2D eigenvalue weighted by molar-refractivity contribution is -0.131. The van der Waals surface area contributed by atoms with Crippen molar-refractivity contribution in [3.8, 4) is 0 Å². The molecule has 1 heterocycles. The summed E-state index contributed by atoms with van der Waals surface area (Å²) in [6.45, 7) is 1.31. The van der Waals surface area contributed by atoms with E-state index in [1.807, 2.05) is 0 Å². The first-order valence-corrected chi connectivity index (χ1v) is 6.84. The number of thiocarbonyl (C=S) groups is 1. The predicted octanol–water partition coefficient (Wildman–Crippen LogP) is 1.75. The lowest BCUT2D eigenvalue weighted by Crippen LogP contribution is -2.43. The van der Waals surface area contributed by atoms with Crippen molar-refractivity contribution in [2.45, 2.75) is 6.92 Å². The lowest BCUT2D eigenvalue weighted by Gasteiger charge is -2.13. The Kier molecular flexibility index (Phi) is 4.31. The van der Waals surface area contributed by atoms with Crippen molar-refractivity contribution in [2.75, 3.05) is 0 Å². The standard InChI is InChI=1S/C13H10N2O3S2/c1-8(17)14-15-12(18)11(20-13(15)19)6-9-2-4-10(7-16)5-3-9/h2-7H,1H3,(H,14,17)/b11-6+. The monoisotopic (exact) mass is 306 g/mol. The quantitative estimate of drug-likeness (QED) is 0.523. The SMILES string of the molecule is CC(=O)NN1C(=O)/C(=C\c2ccc(C=O)cc2)SC1=S. The van der Waals surface area contributed by atoms with Gasteiger partial charge in [-0.2, -0.15) is 5.01 Å². The molecule has 1 aliphatic heterocycles. The zero-order valence-corrected chi connectivity index (χ0v) is 12.1. The second kappa shape index (κ2) is 5.98. The smallest absolute Gasteiger partial charge is 0.285 e. The van der Waals surface area contributed by atoms with Crippen LogP contribution in [0.4, 0.5) is 0 Å². The zero-order valence-electron chi connectivity index (χ0n) is 10.5. The van der Waals surface area contributed by atoms with Gasteiger partial charge in [0.15, 0.2) is 4.32 Å². The van der Waals surface area contributed by atoms with Crippen LogP contribution in [0.1, 0.15) is 22.8 Å². The molecule has 0 atom stereocenters. The van der Waals surface area contributed by atoms with E-state index in [-0.39, 0.29) is 16.1 Å². The number of aldehydes is 1. The summed E-state index contributed by atoms with van der Waals surface area (Å²) >= 11 is 6.15. The molecule has 1 aromatic rings. The highest BCUT2D eigenvalue weighted by Crippen LogP contribution is 2.31. The Hall–Kier alpha value is -1.99. The third-order valence-electron chi connectivity index (χ3n) is 2.43. The van der Waals surface area contributed by atoms with Gasteiger partial charge in [0.25, 0.3) is 5.91 Å². The van der Waals surface area contributed by atoms with Gasteiger partial charge in [-0.25, -0.2) is 0 Å². The predicted molar refractivity (Wildman–Crippen MR) is 80.7 cm³/mol. The minimum absolute atomic E-state index is 0.279. The fourth-order valence-electron chi connectivity index (χ4n) is 1.54. The molecule has 7 heteroatoms. The van der Waals surface area contributed by atoms with Crippen molar-refractivity contribution in [1.82, 2.24) is 10.4 Å². The normalized spacial score (nSPS) is 16.6. The molecule has 0 bridgehead atoms. The van der Waals surface area contributed by atoms with Gasteiger partial charge in [-0.1, -0.05) is 36.0 Å². The first-order valence-electron chi connectivity index (χ1n) is 5.61. The summed E-state index contributed by atoms with van der Waals surface area (Å²) < 4.78 is 0.279. The molecule has 0 unspecified atom stereocenters. The van der Waals surface area contributed by atoms with E-state index in [0.717, 1.165) is 28.6 Å². The first kappa shape index (κ1) is 14.4. The van der Waals surface area contributed by atoms with Gasteiger partial charge in [0.2, 0.25) is 5.91 Å². The third kappa shape index (κ3) is 3.12. The van der Waals surface area contributed by atoms with E-state index in [2.05, 4.69) is 5.43 Å². The van der Waals surface area contributed by atoms with Crippen molar-refractivity contribution in [3.05, 3.63) is 40.3 Å². The Morgan fingerprint density at radius 2 is 1.90 bits per heavy atom. The summed E-state index contributed by atoms with van der Waals surface area (Å²) in [5.74, 6) is -0.729. The fourth-order valence-corrected chi connectivity index (χ4v) is 2.72. The Labute approximate surface area is 125 Å². The van der Waals surface area contributed by atoms with Gasteiger partial charge in [0.1, 0.15) is 6.29 Å². The van der Waals surface area contributed by atoms with Crippen LogP contribution >= 0.6 is 24.0 Å². The molecular formula is C13H10N2O3S2. The molecule has 2 amide bonds. The van der Waals surface area contributed by atoms with Gasteiger partial charge in [-0.05, 0) is 23.9 Å². The van der Waals surface area contributed by atoms with Gasteiger partial charge < -0.3 is 0 Å². The fraction of sp³-hybridized carbons (Fsp3) is 0.0769. The van der Waals surface area contributed by atoms with Crippen LogP contribution in [-0.2, 0) is 9.59 Å². The zero-order chi connectivity index (χ0) is 14.7. The summed E-state index contributed by atoms with van der Waals surface area (Å²) in [5, 5.41) is 1.05. The summed E-state index contributed by atoms with van der Waals surface area (Å²) in [7, 11) is 0. The van der Waals surface area contributed by atoms with Gasteiger partial charge in [0.05, 0.1) is 4.91 Å². The first-order chi connectivity index (χ1) is 9.51. The van der Waals surface area contributed by atoms with Crippen molar-refractivity contribution >= 4 is 52.5 Å². The Morgan fingerprint density at radius 1 is 1.30 bits per heavy atom. The van der Waals surface area contributed by atoms with Crippen molar-refractivity contribution in [1.29, 1.82) is 0 Å². The van der Waals surface area contributed by atoms with Crippen LogP contribution < -0.4 is 5.43 Å². The highest BCUT2D eigenvalue weighted by Gasteiger charge is 2.32. The van der Waals surface area contributed by atoms with Crippen LogP contribution in [0.5, 0.6) is 0 Å². The molecule has 1 N–H and O–H groups in total. The minimum Gasteiger partial charge on any atom is -0.298 e. The van der Waals surface area contributed by atoms with Gasteiger partial charge in [-0.15, -0.1) is 0 Å². The van der Waals surface area contributed by atoms with E-state index in [1.54, 1.807) is 30.3 Å². The number of nitrogens with one attached hydrogen (secondary N) is 1. The summed E-state index contributed by atoms with van der Waals surface area (Å²) in [4.78, 5) is 34.0. The number of carbonyl (C=O) groups excluding carboxylic acids is 3. The number of hydrogen-bond donors (Lipinski definition) is 1. The molecule has 1 saturated heterocycles. The molecule has 1 aliphatic rings. The highest BCUT2D eigenvalue weighted by molar-refractivity contribution is 8.26. The maximum absolute atomic E-state index is 12.1. The van der Waals surface area contributed by atoms with Crippen molar-refractivity contribution in [2.24, 2.45) is 0 Å². The van der Waals surface area contributed by atoms with Crippen LogP contribution in [0, 0.1) is 0 Å². The summed E-state index contributed by atoms with van der Waals surface area (Å²) in [6, 6.07) is 6.78. The molecule has 20 heavy (non-hydrogen) atoms. The van der Waals surface area contributed by atoms with Gasteiger partial charge in [-0.3, -0.25) is 19.8 Å². The number of thioether (sulfide) groups is 1. The Balaban J connectivity index is 2.22. The largest absolute Gasteiger partial charge is 0.298 e. The number of nitrogens with zero attached hydrogens (tertiary/aromatic N) is 1. The number of rotatable bonds is 3. The van der Waals surface area contributed by atoms with E-state index in [9.17, 15) is 14.4 Å². The highest BCUT2D eigenvalue weighted by atomic mass is 32.2. The Bertz CT molecular complexity index is 623. The van der Waals surface area contributed by atoms with E-state index < -0.39 is 0 Å². The molecule has 1 aromatic carbocycles. The number of carbonyl (C=O) groups is 3. The molecule has 0 saturated carbocycles. The van der Waals surface area contributed by atoms with E-state index in [1.165, 1.54) is 6.92 Å². The van der Waals surface area contributed by atoms with Crippen LogP contribution in [0.15, 0.2) is 29.2 Å². The molecule has 2 rings (SSSR count). The molecule has 102 valence electrons. The Morgan fingerprint density at radius 3 is 2.45 bits per heavy atom. The molecule has 0 aromatic heterocycles. The maximum atomic E-state index is 12.1. The van der Waals surface area contributed by atoms with Crippen molar-refractivity contribution < 1.29 is 14.4 Å². The number of hydrazine groups is 1. The topological polar surface area (TPSA) is 66.5 Å². The van der Waals surface area contributed by atoms with E-state index in [0.29, 0.717) is 10.5 Å². The summed E-state index contributed by atoms with van der Waals surface area (Å²) in [5.41, 5.74) is 3.71. The second-order valence-corrected chi connectivity index (χ2v) is 5.65. The maximum Gasteiger partial charge on any atom is 0.285 e. The van der Waals surface area contributed by atoms with E-state index in [4.69, 9.17) is 12.2 Å². The average Bonchev–Trinajstić information content (AvgIpc) is 2.67. The molecule has 0 radical (unpaired) electrons. The molecule has 1 fully saturated rings. The second-order valence-electron chi connectivity index (χ2n) is 3.97. The van der Waals surface area contributed by atoms with Crippen LogP contribution in [0.25, 0.3) is 6.08 Å². The average molecular weight is 306 g/mol. The third-order valence-corrected chi connectivity index (χ3v) is 3.74. The number of hydrogen-bond acceptors (Lipinski definition) is 5. The summed E-state index contributed by atoms with van der Waals surface area (Å²) in [6.07, 6.45) is 2.41. The van der Waals surface area contributed by atoms with Crippen LogP contribution in [0.3, 0.4) is 0 Å². The van der Waals surface area contributed by atoms with Gasteiger partial charge in [0, 0.05) is 12.5 Å². The molecule has 5 nitrogen and oxygen atoms in total.